The summed E-state index contributed by atoms with van der Waals surface area (Å²) < 4.78 is 22.5. The van der Waals surface area contributed by atoms with Crippen LogP contribution in [0.1, 0.15) is 10.4 Å². The topological polar surface area (TPSA) is 102 Å². The van der Waals surface area contributed by atoms with Crippen LogP contribution in [0.4, 0.5) is 5.69 Å². The van der Waals surface area contributed by atoms with Crippen molar-refractivity contribution in [3.8, 4) is 0 Å². The zero-order chi connectivity index (χ0) is 14.8. The minimum atomic E-state index is -3.86. The fourth-order valence-corrected chi connectivity index (χ4v) is 2.17. The van der Waals surface area contributed by atoms with Crippen molar-refractivity contribution in [2.75, 3.05) is 5.32 Å². The van der Waals surface area contributed by atoms with E-state index in [0.717, 1.165) is 0 Å². The molecule has 8 heteroatoms. The fourth-order valence-electron chi connectivity index (χ4n) is 1.47. The molecule has 104 valence electrons. The van der Waals surface area contributed by atoms with Crippen molar-refractivity contribution in [1.29, 1.82) is 0 Å². The highest BCUT2D eigenvalue weighted by molar-refractivity contribution is 7.89. The maximum absolute atomic E-state index is 11.9. The SMILES string of the molecule is NS(=O)(=O)c1ccc(Cl)c(NC(=O)c2cccnc2)c1. The summed E-state index contributed by atoms with van der Waals surface area (Å²) in [5.41, 5.74) is 0.483. The number of benzene rings is 1. The quantitative estimate of drug-likeness (QED) is 0.899. The lowest BCUT2D eigenvalue weighted by atomic mass is 10.2. The van der Waals surface area contributed by atoms with Gasteiger partial charge in [-0.15, -0.1) is 0 Å². The van der Waals surface area contributed by atoms with Crippen molar-refractivity contribution in [2.24, 2.45) is 5.14 Å². The summed E-state index contributed by atoms with van der Waals surface area (Å²) >= 11 is 5.91. The second-order valence-electron chi connectivity index (χ2n) is 3.88. The number of anilines is 1. The van der Waals surface area contributed by atoms with Crippen LogP contribution in [0.15, 0.2) is 47.6 Å². The highest BCUT2D eigenvalue weighted by Gasteiger charge is 2.13. The summed E-state index contributed by atoms with van der Waals surface area (Å²) in [6, 6.07) is 6.99. The third-order valence-electron chi connectivity index (χ3n) is 2.44. The normalized spacial score (nSPS) is 11.1. The molecule has 1 heterocycles. The first-order chi connectivity index (χ1) is 9.38. The number of pyridine rings is 1. The molecular formula is C12H10ClN3O3S. The van der Waals surface area contributed by atoms with Crippen LogP contribution >= 0.6 is 11.6 Å². The van der Waals surface area contributed by atoms with E-state index in [1.165, 1.54) is 30.6 Å². The van der Waals surface area contributed by atoms with Gasteiger partial charge in [0, 0.05) is 12.4 Å². The molecule has 0 fully saturated rings. The number of carbonyl (C=O) groups is 1. The van der Waals surface area contributed by atoms with Crippen LogP contribution in [0, 0.1) is 0 Å². The lowest BCUT2D eigenvalue weighted by Gasteiger charge is -2.08. The molecule has 0 unspecified atom stereocenters. The average molecular weight is 312 g/mol. The van der Waals surface area contributed by atoms with Gasteiger partial charge in [0.15, 0.2) is 0 Å². The molecule has 1 aromatic carbocycles. The fraction of sp³-hybridized carbons (Fsp3) is 0. The average Bonchev–Trinajstić information content (AvgIpc) is 2.41. The Balaban J connectivity index is 2.32. The first kappa shape index (κ1) is 14.4. The van der Waals surface area contributed by atoms with Gasteiger partial charge in [0.25, 0.3) is 5.91 Å². The number of nitrogens with zero attached hydrogens (tertiary/aromatic N) is 1. The number of nitrogens with two attached hydrogens (primary N) is 1. The highest BCUT2D eigenvalue weighted by atomic mass is 35.5. The Labute approximate surface area is 120 Å². The van der Waals surface area contributed by atoms with Gasteiger partial charge in [0.1, 0.15) is 0 Å². The molecule has 20 heavy (non-hydrogen) atoms. The minimum Gasteiger partial charge on any atom is -0.321 e. The number of hydrogen-bond acceptors (Lipinski definition) is 4. The molecular weight excluding hydrogens is 302 g/mol. The summed E-state index contributed by atoms with van der Waals surface area (Å²) in [5, 5.41) is 7.74. The van der Waals surface area contributed by atoms with E-state index in [9.17, 15) is 13.2 Å². The predicted molar refractivity (Wildman–Crippen MR) is 75.0 cm³/mol. The summed E-state index contributed by atoms with van der Waals surface area (Å²) in [4.78, 5) is 15.6. The highest BCUT2D eigenvalue weighted by Crippen LogP contribution is 2.25. The minimum absolute atomic E-state index is 0.136. The van der Waals surface area contributed by atoms with Gasteiger partial charge in [0.2, 0.25) is 10.0 Å². The first-order valence-electron chi connectivity index (χ1n) is 5.41. The molecule has 0 spiro atoms. The molecule has 0 aliphatic carbocycles. The molecule has 2 aromatic rings. The van der Waals surface area contributed by atoms with Crippen molar-refractivity contribution >= 4 is 33.2 Å². The van der Waals surface area contributed by atoms with E-state index in [4.69, 9.17) is 16.7 Å². The van der Waals surface area contributed by atoms with Crippen LogP contribution < -0.4 is 10.5 Å². The number of amides is 1. The van der Waals surface area contributed by atoms with Gasteiger partial charge in [-0.3, -0.25) is 9.78 Å². The second kappa shape index (κ2) is 5.58. The number of sulfonamides is 1. The largest absolute Gasteiger partial charge is 0.321 e. The van der Waals surface area contributed by atoms with Gasteiger partial charge in [-0.25, -0.2) is 13.6 Å². The first-order valence-corrected chi connectivity index (χ1v) is 7.34. The summed E-state index contributed by atoms with van der Waals surface area (Å²) in [6.45, 7) is 0. The zero-order valence-corrected chi connectivity index (χ0v) is 11.6. The Bertz CT molecular complexity index is 748. The maximum atomic E-state index is 11.9. The number of nitrogens with one attached hydrogen (secondary N) is 1. The predicted octanol–water partition coefficient (Wildman–Crippen LogP) is 1.63. The molecule has 1 amide bonds. The number of primary sulfonamides is 1. The van der Waals surface area contributed by atoms with E-state index in [2.05, 4.69) is 10.3 Å². The monoisotopic (exact) mass is 311 g/mol. The molecule has 0 aliphatic heterocycles. The van der Waals surface area contributed by atoms with Gasteiger partial charge in [-0.1, -0.05) is 11.6 Å². The molecule has 0 saturated carbocycles. The molecule has 0 saturated heterocycles. The Morgan fingerprint density at radius 1 is 1.30 bits per heavy atom. The Morgan fingerprint density at radius 2 is 2.05 bits per heavy atom. The zero-order valence-electron chi connectivity index (χ0n) is 10.1. The molecule has 6 nitrogen and oxygen atoms in total. The maximum Gasteiger partial charge on any atom is 0.257 e. The van der Waals surface area contributed by atoms with Crippen molar-refractivity contribution < 1.29 is 13.2 Å². The molecule has 0 aliphatic rings. The van der Waals surface area contributed by atoms with E-state index in [1.54, 1.807) is 12.1 Å². The summed E-state index contributed by atoms with van der Waals surface area (Å²) in [6.07, 6.45) is 2.91. The third kappa shape index (κ3) is 3.32. The van der Waals surface area contributed by atoms with Gasteiger partial charge in [-0.2, -0.15) is 0 Å². The van der Waals surface area contributed by atoms with Crippen molar-refractivity contribution in [3.63, 3.8) is 0 Å². The van der Waals surface area contributed by atoms with E-state index >= 15 is 0 Å². The molecule has 3 N–H and O–H groups in total. The van der Waals surface area contributed by atoms with Gasteiger partial charge in [-0.05, 0) is 30.3 Å². The number of hydrogen-bond donors (Lipinski definition) is 2. The van der Waals surface area contributed by atoms with Crippen LogP contribution in [0.5, 0.6) is 0 Å². The van der Waals surface area contributed by atoms with E-state index < -0.39 is 15.9 Å². The summed E-state index contributed by atoms with van der Waals surface area (Å²) in [5.74, 6) is -0.452. The van der Waals surface area contributed by atoms with Gasteiger partial charge >= 0.3 is 0 Å². The van der Waals surface area contributed by atoms with Crippen molar-refractivity contribution in [2.45, 2.75) is 4.90 Å². The van der Waals surface area contributed by atoms with Gasteiger partial charge < -0.3 is 5.32 Å². The lowest BCUT2D eigenvalue weighted by Crippen LogP contribution is -2.15. The van der Waals surface area contributed by atoms with Crippen LogP contribution in [0.25, 0.3) is 0 Å². The number of carbonyl (C=O) groups excluding carboxylic acids is 1. The number of aromatic nitrogens is 1. The van der Waals surface area contributed by atoms with Crippen LogP contribution in [0.3, 0.4) is 0 Å². The molecule has 0 bridgehead atoms. The van der Waals surface area contributed by atoms with Crippen LogP contribution in [0.2, 0.25) is 5.02 Å². The number of halogens is 1. The Morgan fingerprint density at radius 3 is 2.65 bits per heavy atom. The smallest absolute Gasteiger partial charge is 0.257 e. The van der Waals surface area contributed by atoms with E-state index in [0.29, 0.717) is 5.56 Å². The molecule has 2 rings (SSSR count). The van der Waals surface area contributed by atoms with Crippen LogP contribution in [-0.2, 0) is 10.0 Å². The lowest BCUT2D eigenvalue weighted by molar-refractivity contribution is 0.102. The van der Waals surface area contributed by atoms with Crippen molar-refractivity contribution in [3.05, 3.63) is 53.3 Å². The standard InChI is InChI=1S/C12H10ClN3O3S/c13-10-4-3-9(20(14,18)19)6-11(10)16-12(17)8-2-1-5-15-7-8/h1-7H,(H,16,17)(H2,14,18,19). The third-order valence-corrected chi connectivity index (χ3v) is 3.68. The summed E-state index contributed by atoms with van der Waals surface area (Å²) in [7, 11) is -3.86. The molecule has 0 atom stereocenters. The van der Waals surface area contributed by atoms with Crippen molar-refractivity contribution in [1.82, 2.24) is 4.98 Å². The van der Waals surface area contributed by atoms with Gasteiger partial charge in [0.05, 0.1) is 21.2 Å². The van der Waals surface area contributed by atoms with Crippen LogP contribution in [-0.4, -0.2) is 19.3 Å². The molecule has 1 aromatic heterocycles. The van der Waals surface area contributed by atoms with E-state index in [1.807, 2.05) is 0 Å². The van der Waals surface area contributed by atoms with E-state index in [-0.39, 0.29) is 15.6 Å². The number of rotatable bonds is 3. The Hall–Kier alpha value is -1.96. The molecule has 0 radical (unpaired) electrons. The second-order valence-corrected chi connectivity index (χ2v) is 5.85. The Kier molecular flexibility index (Phi) is 4.03.